The molecule has 21 heavy (non-hydrogen) atoms. The first-order valence-corrected chi connectivity index (χ1v) is 7.42. The van der Waals surface area contributed by atoms with Crippen LogP contribution in [0, 0.1) is 5.41 Å². The molecule has 1 rings (SSSR count). The zero-order chi connectivity index (χ0) is 15.5. The van der Waals surface area contributed by atoms with Crippen LogP contribution in [0.25, 0.3) is 0 Å². The van der Waals surface area contributed by atoms with E-state index in [-0.39, 0.29) is 29.8 Å². The van der Waals surface area contributed by atoms with Crippen LogP contribution in [0.2, 0.25) is 0 Å². The van der Waals surface area contributed by atoms with E-state index >= 15 is 0 Å². The Morgan fingerprint density at radius 3 is 2.33 bits per heavy atom. The molecule has 0 saturated carbocycles. The summed E-state index contributed by atoms with van der Waals surface area (Å²) in [7, 11) is 0. The Morgan fingerprint density at radius 1 is 1.29 bits per heavy atom. The fraction of sp³-hybridized carbons (Fsp3) is 0.533. The maximum absolute atomic E-state index is 12.1. The van der Waals surface area contributed by atoms with Crippen LogP contribution in [-0.2, 0) is 4.79 Å². The third-order valence-electron chi connectivity index (χ3n) is 2.73. The van der Waals surface area contributed by atoms with Gasteiger partial charge < -0.3 is 15.8 Å². The van der Waals surface area contributed by atoms with Gasteiger partial charge in [0.2, 0.25) is 5.91 Å². The largest absolute Gasteiger partial charge is 0.491 e. The second kappa shape index (κ2) is 8.01. The highest BCUT2D eigenvalue weighted by Crippen LogP contribution is 2.26. The standard InChI is InChI=1S/C15H23BrN2O2.ClH/c1-9(2)20-12-7-10(16)6-11(8-12)18-14(19)13(17)15(3,4)5;/h6-9,13H,17H2,1-5H3,(H,18,19);1H/t13-;/m1./s1. The van der Waals surface area contributed by atoms with Crippen molar-refractivity contribution in [3.8, 4) is 5.75 Å². The van der Waals surface area contributed by atoms with E-state index in [9.17, 15) is 4.79 Å². The number of amides is 1. The molecule has 1 atom stereocenters. The summed E-state index contributed by atoms with van der Waals surface area (Å²) in [6.45, 7) is 9.71. The molecular weight excluding hydrogens is 356 g/mol. The van der Waals surface area contributed by atoms with Gasteiger partial charge in [0.25, 0.3) is 0 Å². The Labute approximate surface area is 141 Å². The summed E-state index contributed by atoms with van der Waals surface area (Å²) >= 11 is 3.41. The SMILES string of the molecule is CC(C)Oc1cc(Br)cc(NC(=O)[C@@H](N)C(C)(C)C)c1.Cl. The number of ether oxygens (including phenoxy) is 1. The first-order valence-electron chi connectivity index (χ1n) is 6.63. The van der Waals surface area contributed by atoms with Crippen LogP contribution in [0.1, 0.15) is 34.6 Å². The highest BCUT2D eigenvalue weighted by Gasteiger charge is 2.27. The molecule has 0 fully saturated rings. The molecule has 0 bridgehead atoms. The van der Waals surface area contributed by atoms with Crippen LogP contribution in [0.15, 0.2) is 22.7 Å². The monoisotopic (exact) mass is 378 g/mol. The van der Waals surface area contributed by atoms with Crippen LogP contribution in [0.5, 0.6) is 5.75 Å². The number of carbonyl (C=O) groups excluding carboxylic acids is 1. The number of hydrogen-bond donors (Lipinski definition) is 2. The van der Waals surface area contributed by atoms with Crippen molar-refractivity contribution in [3.05, 3.63) is 22.7 Å². The van der Waals surface area contributed by atoms with Gasteiger partial charge in [-0.3, -0.25) is 4.79 Å². The molecule has 120 valence electrons. The molecule has 0 heterocycles. The summed E-state index contributed by atoms with van der Waals surface area (Å²) in [5.74, 6) is 0.500. The highest BCUT2D eigenvalue weighted by molar-refractivity contribution is 9.10. The number of rotatable bonds is 4. The summed E-state index contributed by atoms with van der Waals surface area (Å²) in [6, 6.07) is 4.90. The Morgan fingerprint density at radius 2 is 1.86 bits per heavy atom. The smallest absolute Gasteiger partial charge is 0.241 e. The minimum atomic E-state index is -0.573. The molecule has 0 unspecified atom stereocenters. The van der Waals surface area contributed by atoms with E-state index in [1.807, 2.05) is 46.8 Å². The Kier molecular flexibility index (Phi) is 7.71. The summed E-state index contributed by atoms with van der Waals surface area (Å²) in [5.41, 5.74) is 6.33. The van der Waals surface area contributed by atoms with Gasteiger partial charge >= 0.3 is 0 Å². The van der Waals surface area contributed by atoms with Crippen molar-refractivity contribution in [1.82, 2.24) is 0 Å². The zero-order valence-corrected chi connectivity index (χ0v) is 15.5. The van der Waals surface area contributed by atoms with Crippen LogP contribution < -0.4 is 15.8 Å². The Hall–Kier alpha value is -0.780. The third-order valence-corrected chi connectivity index (χ3v) is 3.18. The molecular formula is C15H24BrClN2O2. The van der Waals surface area contributed by atoms with E-state index in [1.165, 1.54) is 0 Å². The first kappa shape index (κ1) is 20.2. The van der Waals surface area contributed by atoms with Crippen LogP contribution in [-0.4, -0.2) is 18.1 Å². The molecule has 1 amide bonds. The molecule has 6 heteroatoms. The number of nitrogens with two attached hydrogens (primary N) is 1. The molecule has 0 saturated heterocycles. The van der Waals surface area contributed by atoms with E-state index in [2.05, 4.69) is 21.2 Å². The minimum Gasteiger partial charge on any atom is -0.491 e. The lowest BCUT2D eigenvalue weighted by molar-refractivity contribution is -0.119. The van der Waals surface area contributed by atoms with Crippen molar-refractivity contribution in [2.45, 2.75) is 46.8 Å². The van der Waals surface area contributed by atoms with Crippen molar-refractivity contribution in [1.29, 1.82) is 0 Å². The quantitative estimate of drug-likeness (QED) is 0.832. The van der Waals surface area contributed by atoms with Gasteiger partial charge in [0.1, 0.15) is 5.75 Å². The second-order valence-electron chi connectivity index (χ2n) is 6.18. The first-order chi connectivity index (χ1) is 9.09. The maximum Gasteiger partial charge on any atom is 0.241 e. The Bertz CT molecular complexity index is 487. The van der Waals surface area contributed by atoms with Gasteiger partial charge in [-0.2, -0.15) is 0 Å². The average Bonchev–Trinajstić information content (AvgIpc) is 2.24. The van der Waals surface area contributed by atoms with E-state index in [0.717, 1.165) is 4.47 Å². The van der Waals surface area contributed by atoms with Gasteiger partial charge in [-0.05, 0) is 31.4 Å². The topological polar surface area (TPSA) is 64.3 Å². The number of carbonyl (C=O) groups is 1. The molecule has 4 nitrogen and oxygen atoms in total. The molecule has 0 aromatic heterocycles. The van der Waals surface area contributed by atoms with Crippen molar-refractivity contribution in [3.63, 3.8) is 0 Å². The lowest BCUT2D eigenvalue weighted by Crippen LogP contribution is -2.45. The maximum atomic E-state index is 12.1. The van der Waals surface area contributed by atoms with Gasteiger partial charge in [0.05, 0.1) is 12.1 Å². The normalized spacial score (nSPS) is 12.6. The van der Waals surface area contributed by atoms with Crippen LogP contribution in [0.4, 0.5) is 5.69 Å². The summed E-state index contributed by atoms with van der Waals surface area (Å²) < 4.78 is 6.48. The molecule has 0 spiro atoms. The van der Waals surface area contributed by atoms with Gasteiger partial charge in [0.15, 0.2) is 0 Å². The molecule has 0 aliphatic heterocycles. The fourth-order valence-corrected chi connectivity index (χ4v) is 2.06. The van der Waals surface area contributed by atoms with Crippen LogP contribution in [0.3, 0.4) is 0 Å². The lowest BCUT2D eigenvalue weighted by Gasteiger charge is -2.26. The summed E-state index contributed by atoms with van der Waals surface area (Å²) in [4.78, 5) is 12.1. The third kappa shape index (κ3) is 6.68. The number of anilines is 1. The fourth-order valence-electron chi connectivity index (χ4n) is 1.59. The van der Waals surface area contributed by atoms with E-state index in [1.54, 1.807) is 6.07 Å². The van der Waals surface area contributed by atoms with E-state index in [0.29, 0.717) is 11.4 Å². The molecule has 0 aliphatic rings. The van der Waals surface area contributed by atoms with Gasteiger partial charge in [-0.1, -0.05) is 36.7 Å². The zero-order valence-electron chi connectivity index (χ0n) is 13.1. The predicted molar refractivity (Wildman–Crippen MR) is 93.2 cm³/mol. The van der Waals surface area contributed by atoms with Crippen LogP contribution >= 0.6 is 28.3 Å². The Balaban J connectivity index is 0.00000400. The van der Waals surface area contributed by atoms with Gasteiger partial charge in [0, 0.05) is 16.2 Å². The van der Waals surface area contributed by atoms with Crippen molar-refractivity contribution < 1.29 is 9.53 Å². The number of nitrogens with one attached hydrogen (secondary N) is 1. The number of halogens is 2. The van der Waals surface area contributed by atoms with Crippen molar-refractivity contribution in [2.24, 2.45) is 11.1 Å². The van der Waals surface area contributed by atoms with Crippen molar-refractivity contribution in [2.75, 3.05) is 5.32 Å². The van der Waals surface area contributed by atoms with E-state index < -0.39 is 6.04 Å². The molecule has 1 aromatic rings. The molecule has 0 aliphatic carbocycles. The second-order valence-corrected chi connectivity index (χ2v) is 7.09. The summed E-state index contributed by atoms with van der Waals surface area (Å²) in [5, 5.41) is 2.83. The average molecular weight is 380 g/mol. The summed E-state index contributed by atoms with van der Waals surface area (Å²) in [6.07, 6.45) is 0.0738. The number of hydrogen-bond acceptors (Lipinski definition) is 3. The predicted octanol–water partition coefficient (Wildman–Crippen LogP) is 3.97. The molecule has 3 N–H and O–H groups in total. The van der Waals surface area contributed by atoms with E-state index in [4.69, 9.17) is 10.5 Å². The number of benzene rings is 1. The lowest BCUT2D eigenvalue weighted by atomic mass is 9.87. The van der Waals surface area contributed by atoms with Crippen molar-refractivity contribution >= 4 is 39.9 Å². The molecule has 1 aromatic carbocycles. The minimum absolute atomic E-state index is 0. The molecule has 0 radical (unpaired) electrons. The van der Waals surface area contributed by atoms with Gasteiger partial charge in [-0.25, -0.2) is 0 Å². The van der Waals surface area contributed by atoms with Gasteiger partial charge in [-0.15, -0.1) is 12.4 Å². The highest BCUT2D eigenvalue weighted by atomic mass is 79.9.